The highest BCUT2D eigenvalue weighted by atomic mass is 16.5. The lowest BCUT2D eigenvalue weighted by Crippen LogP contribution is -2.38. The van der Waals surface area contributed by atoms with Gasteiger partial charge in [0.15, 0.2) is 0 Å². The molecule has 0 saturated carbocycles. The second kappa shape index (κ2) is 9.30. The van der Waals surface area contributed by atoms with Crippen LogP contribution in [0.15, 0.2) is 33.9 Å². The zero-order valence-corrected chi connectivity index (χ0v) is 16.6. The highest BCUT2D eigenvalue weighted by Crippen LogP contribution is 2.21. The number of benzene rings is 1. The number of nitrogen functional groups attached to an aromatic ring is 1. The largest absolute Gasteiger partial charge is 0.491 e. The van der Waals surface area contributed by atoms with Crippen molar-refractivity contribution in [1.82, 2.24) is 9.55 Å². The lowest BCUT2D eigenvalue weighted by atomic mass is 10.2. The summed E-state index contributed by atoms with van der Waals surface area (Å²) in [5.41, 5.74) is 6.65. The molecule has 1 aromatic heterocycles. The molecular formula is C20H30N4O3. The number of nitrogens with one attached hydrogen (secondary N) is 1. The Morgan fingerprint density at radius 1 is 1.26 bits per heavy atom. The van der Waals surface area contributed by atoms with E-state index in [0.717, 1.165) is 24.2 Å². The van der Waals surface area contributed by atoms with E-state index in [1.54, 1.807) is 0 Å². The van der Waals surface area contributed by atoms with Crippen LogP contribution in [0.1, 0.15) is 46.1 Å². The fourth-order valence-corrected chi connectivity index (χ4v) is 2.98. The Hall–Kier alpha value is -2.70. The molecule has 0 bridgehead atoms. The van der Waals surface area contributed by atoms with Crippen molar-refractivity contribution in [3.05, 3.63) is 50.7 Å². The van der Waals surface area contributed by atoms with Gasteiger partial charge in [0.2, 0.25) is 0 Å². The smallest absolute Gasteiger partial charge is 0.330 e. The first-order valence-electron chi connectivity index (χ1n) is 9.50. The topological polar surface area (TPSA) is 93.3 Å². The van der Waals surface area contributed by atoms with E-state index in [1.807, 2.05) is 56.9 Å². The average Bonchev–Trinajstić information content (AvgIpc) is 2.60. The van der Waals surface area contributed by atoms with E-state index >= 15 is 0 Å². The van der Waals surface area contributed by atoms with Gasteiger partial charge in [0.1, 0.15) is 17.3 Å². The van der Waals surface area contributed by atoms with E-state index in [9.17, 15) is 9.59 Å². The van der Waals surface area contributed by atoms with Gasteiger partial charge in [-0.05, 0) is 44.9 Å². The third kappa shape index (κ3) is 5.15. The highest BCUT2D eigenvalue weighted by molar-refractivity contribution is 5.62. The van der Waals surface area contributed by atoms with E-state index in [-0.39, 0.29) is 11.9 Å². The number of H-pyrrole nitrogens is 1. The van der Waals surface area contributed by atoms with Gasteiger partial charge in [0.05, 0.1) is 6.10 Å². The van der Waals surface area contributed by atoms with E-state index in [0.29, 0.717) is 25.3 Å². The van der Waals surface area contributed by atoms with Gasteiger partial charge >= 0.3 is 5.69 Å². The molecule has 7 nitrogen and oxygen atoms in total. The fourth-order valence-electron chi connectivity index (χ4n) is 2.98. The molecule has 0 spiro atoms. The number of aromatic nitrogens is 2. The van der Waals surface area contributed by atoms with Crippen LogP contribution < -0.4 is 26.6 Å². The molecule has 7 heteroatoms. The van der Waals surface area contributed by atoms with Crippen molar-refractivity contribution in [3.63, 3.8) is 0 Å². The third-order valence-corrected chi connectivity index (χ3v) is 4.29. The molecular weight excluding hydrogens is 344 g/mol. The lowest BCUT2D eigenvalue weighted by Gasteiger charge is -2.25. The molecule has 148 valence electrons. The second-order valence-corrected chi connectivity index (χ2v) is 6.83. The van der Waals surface area contributed by atoms with Gasteiger partial charge in [-0.3, -0.25) is 14.3 Å². The summed E-state index contributed by atoms with van der Waals surface area (Å²) in [6.45, 7) is 9.50. The Morgan fingerprint density at radius 2 is 2.00 bits per heavy atom. The van der Waals surface area contributed by atoms with Crippen LogP contribution in [-0.4, -0.2) is 22.2 Å². The van der Waals surface area contributed by atoms with E-state index in [2.05, 4.69) is 4.98 Å². The van der Waals surface area contributed by atoms with Crippen LogP contribution in [0.3, 0.4) is 0 Å². The first kappa shape index (κ1) is 20.6. The minimum Gasteiger partial charge on any atom is -0.491 e. The van der Waals surface area contributed by atoms with Gasteiger partial charge in [-0.2, -0.15) is 0 Å². The van der Waals surface area contributed by atoms with Crippen molar-refractivity contribution in [2.45, 2.75) is 59.7 Å². The first-order chi connectivity index (χ1) is 12.9. The summed E-state index contributed by atoms with van der Waals surface area (Å²) >= 11 is 0. The third-order valence-electron chi connectivity index (χ3n) is 4.29. The van der Waals surface area contributed by atoms with Gasteiger partial charge in [0.25, 0.3) is 5.56 Å². The van der Waals surface area contributed by atoms with E-state index in [1.165, 1.54) is 4.57 Å². The number of aromatic amines is 1. The van der Waals surface area contributed by atoms with Crippen molar-refractivity contribution in [3.8, 4) is 5.75 Å². The normalized spacial score (nSPS) is 11.0. The van der Waals surface area contributed by atoms with Crippen LogP contribution in [0.4, 0.5) is 11.5 Å². The van der Waals surface area contributed by atoms with Crippen LogP contribution in [0, 0.1) is 0 Å². The first-order valence-corrected chi connectivity index (χ1v) is 9.50. The molecule has 0 amide bonds. The van der Waals surface area contributed by atoms with Crippen LogP contribution >= 0.6 is 0 Å². The molecule has 0 aliphatic heterocycles. The summed E-state index contributed by atoms with van der Waals surface area (Å²) in [6.07, 6.45) is 1.83. The Morgan fingerprint density at radius 3 is 2.63 bits per heavy atom. The van der Waals surface area contributed by atoms with Gasteiger partial charge in [0, 0.05) is 19.6 Å². The molecule has 0 radical (unpaired) electrons. The Bertz CT molecular complexity index is 870. The molecule has 27 heavy (non-hydrogen) atoms. The quantitative estimate of drug-likeness (QED) is 0.704. The van der Waals surface area contributed by atoms with Crippen molar-refractivity contribution in [2.75, 3.05) is 17.2 Å². The number of unbranched alkanes of at least 4 members (excludes halogenated alkanes) is 1. The maximum Gasteiger partial charge on any atom is 0.330 e. The number of anilines is 2. The molecule has 2 aromatic rings. The molecule has 1 aromatic carbocycles. The van der Waals surface area contributed by atoms with Gasteiger partial charge in [-0.15, -0.1) is 0 Å². The molecule has 0 aliphatic rings. The molecule has 3 N–H and O–H groups in total. The second-order valence-electron chi connectivity index (χ2n) is 6.83. The summed E-state index contributed by atoms with van der Waals surface area (Å²) in [5.74, 6) is 1.00. The summed E-state index contributed by atoms with van der Waals surface area (Å²) in [7, 11) is 0. The number of nitrogens with two attached hydrogens (primary N) is 1. The van der Waals surface area contributed by atoms with Crippen molar-refractivity contribution >= 4 is 11.5 Å². The van der Waals surface area contributed by atoms with E-state index in [4.69, 9.17) is 10.5 Å². The van der Waals surface area contributed by atoms with Gasteiger partial charge in [-0.1, -0.05) is 25.5 Å². The van der Waals surface area contributed by atoms with Gasteiger partial charge < -0.3 is 15.4 Å². The molecule has 0 saturated heterocycles. The molecule has 0 aliphatic carbocycles. The molecule has 1 heterocycles. The van der Waals surface area contributed by atoms with Crippen molar-refractivity contribution in [1.29, 1.82) is 0 Å². The predicted octanol–water partition coefficient (Wildman–Crippen LogP) is 2.73. The van der Waals surface area contributed by atoms with Crippen LogP contribution in [0.5, 0.6) is 5.75 Å². The summed E-state index contributed by atoms with van der Waals surface area (Å²) in [6, 6.07) is 7.77. The Kier molecular flexibility index (Phi) is 7.10. The Balaban J connectivity index is 2.37. The number of ether oxygens (including phenoxy) is 1. The number of hydrogen-bond acceptors (Lipinski definition) is 5. The molecule has 0 fully saturated rings. The Labute approximate surface area is 159 Å². The zero-order chi connectivity index (χ0) is 20.0. The van der Waals surface area contributed by atoms with Crippen LogP contribution in [-0.2, 0) is 13.1 Å². The molecule has 2 rings (SSSR count). The highest BCUT2D eigenvalue weighted by Gasteiger charge is 2.18. The zero-order valence-electron chi connectivity index (χ0n) is 16.6. The van der Waals surface area contributed by atoms with Crippen LogP contribution in [0.25, 0.3) is 0 Å². The summed E-state index contributed by atoms with van der Waals surface area (Å²) in [4.78, 5) is 28.9. The predicted molar refractivity (Wildman–Crippen MR) is 110 cm³/mol. The number of rotatable bonds is 9. The maximum atomic E-state index is 12.5. The molecule has 0 atom stereocenters. The summed E-state index contributed by atoms with van der Waals surface area (Å²) < 4.78 is 7.19. The van der Waals surface area contributed by atoms with E-state index < -0.39 is 11.2 Å². The monoisotopic (exact) mass is 374 g/mol. The molecule has 0 unspecified atom stereocenters. The summed E-state index contributed by atoms with van der Waals surface area (Å²) in [5, 5.41) is 0. The standard InChI is InChI=1S/C20H30N4O3/c1-5-7-11-24-18(21)17(19(25)22-20(24)26)23(6-2)13-15-9-8-10-16(12-15)27-14(3)4/h8-10,12,14H,5-7,11,13,21H2,1-4H3,(H,22,25,26). The van der Waals surface area contributed by atoms with Crippen molar-refractivity contribution in [2.24, 2.45) is 0 Å². The average molecular weight is 374 g/mol. The van der Waals surface area contributed by atoms with Crippen LogP contribution in [0.2, 0.25) is 0 Å². The lowest BCUT2D eigenvalue weighted by molar-refractivity contribution is 0.242. The SMILES string of the molecule is CCCCn1c(N)c(N(CC)Cc2cccc(OC(C)C)c2)c(=O)[nH]c1=O. The maximum absolute atomic E-state index is 12.5. The number of nitrogens with zero attached hydrogens (tertiary/aromatic N) is 2. The minimum atomic E-state index is -0.460. The fraction of sp³-hybridized carbons (Fsp3) is 0.500. The minimum absolute atomic E-state index is 0.0862. The number of hydrogen-bond donors (Lipinski definition) is 2. The van der Waals surface area contributed by atoms with Crippen molar-refractivity contribution < 1.29 is 4.74 Å². The van der Waals surface area contributed by atoms with Gasteiger partial charge in [-0.25, -0.2) is 4.79 Å².